The largest absolute Gasteiger partial charge is 0.493 e. The molecular formula is C20H31N3O5. The highest BCUT2D eigenvalue weighted by Gasteiger charge is 2.34. The summed E-state index contributed by atoms with van der Waals surface area (Å²) >= 11 is 0. The lowest BCUT2D eigenvalue weighted by Gasteiger charge is -2.36. The van der Waals surface area contributed by atoms with Crippen molar-refractivity contribution in [3.63, 3.8) is 0 Å². The number of ether oxygens (including phenoxy) is 4. The van der Waals surface area contributed by atoms with Crippen LogP contribution in [0.25, 0.3) is 0 Å². The fourth-order valence-electron chi connectivity index (χ4n) is 3.92. The molecule has 0 bridgehead atoms. The zero-order chi connectivity index (χ0) is 20.1. The Kier molecular flexibility index (Phi) is 6.98. The van der Waals surface area contributed by atoms with Gasteiger partial charge < -0.3 is 29.6 Å². The van der Waals surface area contributed by atoms with Gasteiger partial charge >= 0.3 is 0 Å². The van der Waals surface area contributed by atoms with Crippen molar-refractivity contribution in [2.45, 2.75) is 31.6 Å². The molecule has 1 aromatic carbocycles. The van der Waals surface area contributed by atoms with Gasteiger partial charge in [0.25, 0.3) is 5.91 Å². The quantitative estimate of drug-likeness (QED) is 0.735. The number of piperazine rings is 1. The number of carbonyl (C=O) groups excluding carboxylic acids is 1. The first kappa shape index (κ1) is 20.7. The Bertz CT molecular complexity index is 676. The van der Waals surface area contributed by atoms with Gasteiger partial charge in [0.1, 0.15) is 6.10 Å². The van der Waals surface area contributed by atoms with E-state index >= 15 is 0 Å². The summed E-state index contributed by atoms with van der Waals surface area (Å²) in [5, 5.41) is 0. The van der Waals surface area contributed by atoms with Crippen LogP contribution >= 0.6 is 0 Å². The molecule has 2 heterocycles. The second kappa shape index (κ2) is 9.45. The monoisotopic (exact) mass is 393 g/mol. The number of benzene rings is 1. The summed E-state index contributed by atoms with van der Waals surface area (Å²) in [4.78, 5) is 16.9. The van der Waals surface area contributed by atoms with E-state index in [0.29, 0.717) is 36.9 Å². The summed E-state index contributed by atoms with van der Waals surface area (Å²) in [7, 11) is 4.85. The van der Waals surface area contributed by atoms with Crippen LogP contribution in [0.5, 0.6) is 17.2 Å². The highest BCUT2D eigenvalue weighted by Crippen LogP contribution is 2.40. The molecule has 3 rings (SSSR count). The molecule has 0 aromatic heterocycles. The first-order valence-electron chi connectivity index (χ1n) is 9.75. The summed E-state index contributed by atoms with van der Waals surface area (Å²) in [5.41, 5.74) is 6.68. The molecule has 28 heavy (non-hydrogen) atoms. The molecule has 1 aromatic rings. The van der Waals surface area contributed by atoms with Gasteiger partial charge in [-0.05, 0) is 18.9 Å². The van der Waals surface area contributed by atoms with E-state index in [9.17, 15) is 4.79 Å². The zero-order valence-corrected chi connectivity index (χ0v) is 17.0. The summed E-state index contributed by atoms with van der Waals surface area (Å²) in [6, 6.07) is 3.89. The van der Waals surface area contributed by atoms with Gasteiger partial charge in [0, 0.05) is 44.8 Å². The lowest BCUT2D eigenvalue weighted by atomic mass is 10.1. The Hall–Kier alpha value is -2.03. The van der Waals surface area contributed by atoms with Crippen molar-refractivity contribution < 1.29 is 23.7 Å². The zero-order valence-electron chi connectivity index (χ0n) is 17.0. The number of nitrogens with zero attached hydrogens (tertiary/aromatic N) is 2. The molecule has 2 fully saturated rings. The predicted octanol–water partition coefficient (Wildman–Crippen LogP) is 0.863. The third-order valence-corrected chi connectivity index (χ3v) is 5.51. The molecular weight excluding hydrogens is 362 g/mol. The molecule has 2 saturated heterocycles. The van der Waals surface area contributed by atoms with Gasteiger partial charge in [0.15, 0.2) is 11.5 Å². The third-order valence-electron chi connectivity index (χ3n) is 5.51. The predicted molar refractivity (Wildman–Crippen MR) is 105 cm³/mol. The summed E-state index contributed by atoms with van der Waals surface area (Å²) in [6.07, 6.45) is 1.33. The summed E-state index contributed by atoms with van der Waals surface area (Å²) in [6.45, 7) is 4.20. The van der Waals surface area contributed by atoms with Gasteiger partial charge in [-0.15, -0.1) is 0 Å². The molecule has 2 N–H and O–H groups in total. The van der Waals surface area contributed by atoms with Crippen LogP contribution in [0.4, 0.5) is 0 Å². The fraction of sp³-hybridized carbons (Fsp3) is 0.650. The molecule has 2 atom stereocenters. The van der Waals surface area contributed by atoms with Crippen molar-refractivity contribution >= 4 is 5.91 Å². The number of hydrogen-bond acceptors (Lipinski definition) is 7. The summed E-state index contributed by atoms with van der Waals surface area (Å²) in [5.74, 6) is 2.03. The van der Waals surface area contributed by atoms with Crippen LogP contribution in [0.15, 0.2) is 12.1 Å². The minimum Gasteiger partial charge on any atom is -0.493 e. The molecule has 8 nitrogen and oxygen atoms in total. The number of rotatable bonds is 7. The van der Waals surface area contributed by atoms with Gasteiger partial charge in [0.05, 0.1) is 27.4 Å². The van der Waals surface area contributed by atoms with Crippen molar-refractivity contribution in [2.24, 2.45) is 5.73 Å². The van der Waals surface area contributed by atoms with Crippen molar-refractivity contribution in [1.82, 2.24) is 9.80 Å². The lowest BCUT2D eigenvalue weighted by Crippen LogP contribution is -2.51. The molecule has 0 saturated carbocycles. The van der Waals surface area contributed by atoms with E-state index in [1.807, 2.05) is 17.0 Å². The average molecular weight is 393 g/mol. The van der Waals surface area contributed by atoms with Gasteiger partial charge in [-0.1, -0.05) is 6.07 Å². The van der Waals surface area contributed by atoms with Crippen LogP contribution in [-0.2, 0) is 16.1 Å². The molecule has 0 unspecified atom stereocenters. The normalized spacial score (nSPS) is 22.9. The van der Waals surface area contributed by atoms with Crippen molar-refractivity contribution in [3.8, 4) is 17.2 Å². The molecule has 0 spiro atoms. The maximum atomic E-state index is 12.7. The van der Waals surface area contributed by atoms with E-state index in [1.165, 1.54) is 0 Å². The van der Waals surface area contributed by atoms with Gasteiger partial charge in [0.2, 0.25) is 5.75 Å². The maximum absolute atomic E-state index is 12.7. The molecule has 0 radical (unpaired) electrons. The molecule has 1 amide bonds. The second-order valence-electron chi connectivity index (χ2n) is 7.15. The van der Waals surface area contributed by atoms with Crippen molar-refractivity contribution in [3.05, 3.63) is 17.7 Å². The van der Waals surface area contributed by atoms with Crippen LogP contribution < -0.4 is 19.9 Å². The topological polar surface area (TPSA) is 86.5 Å². The molecule has 0 aliphatic carbocycles. The van der Waals surface area contributed by atoms with E-state index < -0.39 is 0 Å². The van der Waals surface area contributed by atoms with E-state index in [1.54, 1.807) is 21.3 Å². The Balaban J connectivity index is 1.58. The van der Waals surface area contributed by atoms with Crippen LogP contribution in [0.3, 0.4) is 0 Å². The smallest absolute Gasteiger partial charge is 0.251 e. The van der Waals surface area contributed by atoms with Crippen molar-refractivity contribution in [1.29, 1.82) is 0 Å². The Morgan fingerprint density at radius 1 is 1.07 bits per heavy atom. The maximum Gasteiger partial charge on any atom is 0.251 e. The van der Waals surface area contributed by atoms with Crippen molar-refractivity contribution in [2.75, 3.05) is 54.1 Å². The molecule has 2 aliphatic heterocycles. The van der Waals surface area contributed by atoms with E-state index in [0.717, 1.165) is 38.0 Å². The lowest BCUT2D eigenvalue weighted by molar-refractivity contribution is -0.144. The number of nitrogens with two attached hydrogens (primary N) is 1. The van der Waals surface area contributed by atoms with E-state index in [-0.39, 0.29) is 18.1 Å². The first-order valence-corrected chi connectivity index (χ1v) is 9.75. The average Bonchev–Trinajstić information content (AvgIpc) is 3.22. The standard InChI is InChI=1S/C20H31N3O5/c1-25-16-6-4-14(18(26-2)19(16)27-3)13-22-8-10-23(11-9-22)20(24)17-7-5-15(12-21)28-17/h4,6,15,17H,5,7-13,21H2,1-3H3/t15-,17+/m1/s1. The Morgan fingerprint density at radius 3 is 2.36 bits per heavy atom. The molecule has 2 aliphatic rings. The van der Waals surface area contributed by atoms with Crippen LogP contribution in [-0.4, -0.2) is 82.0 Å². The Labute approximate surface area is 166 Å². The van der Waals surface area contributed by atoms with Crippen LogP contribution in [0, 0.1) is 0 Å². The highest BCUT2D eigenvalue weighted by molar-refractivity contribution is 5.81. The SMILES string of the molecule is COc1ccc(CN2CCN(C(=O)[C@@H]3CC[C@H](CN)O3)CC2)c(OC)c1OC. The Morgan fingerprint density at radius 2 is 1.79 bits per heavy atom. The number of methoxy groups -OCH3 is 3. The van der Waals surface area contributed by atoms with Gasteiger partial charge in [-0.2, -0.15) is 0 Å². The minimum atomic E-state index is -0.328. The van der Waals surface area contributed by atoms with Crippen LogP contribution in [0.1, 0.15) is 18.4 Å². The van der Waals surface area contributed by atoms with Crippen LogP contribution in [0.2, 0.25) is 0 Å². The fourth-order valence-corrected chi connectivity index (χ4v) is 3.92. The summed E-state index contributed by atoms with van der Waals surface area (Å²) < 4.78 is 22.1. The molecule has 8 heteroatoms. The number of carbonyl (C=O) groups is 1. The third kappa shape index (κ3) is 4.34. The molecule has 156 valence electrons. The van der Waals surface area contributed by atoms with Gasteiger partial charge in [-0.3, -0.25) is 9.69 Å². The minimum absolute atomic E-state index is 0.0211. The van der Waals surface area contributed by atoms with E-state index in [4.69, 9.17) is 24.7 Å². The van der Waals surface area contributed by atoms with Gasteiger partial charge in [-0.25, -0.2) is 0 Å². The van der Waals surface area contributed by atoms with E-state index in [2.05, 4.69) is 4.90 Å². The second-order valence-corrected chi connectivity index (χ2v) is 7.15. The highest BCUT2D eigenvalue weighted by atomic mass is 16.5. The first-order chi connectivity index (χ1) is 13.6. The number of amides is 1. The number of hydrogen-bond donors (Lipinski definition) is 1.